The van der Waals surface area contributed by atoms with Gasteiger partial charge in [-0.3, -0.25) is 24.4 Å². The van der Waals surface area contributed by atoms with E-state index in [2.05, 4.69) is 20.5 Å². The highest BCUT2D eigenvalue weighted by Gasteiger charge is 2.23. The lowest BCUT2D eigenvalue weighted by atomic mass is 10.1. The lowest BCUT2D eigenvalue weighted by Crippen LogP contribution is -2.21. The lowest BCUT2D eigenvalue weighted by Gasteiger charge is -2.07. The highest BCUT2D eigenvalue weighted by molar-refractivity contribution is 5.59. The number of nitrogens with zero attached hydrogens (tertiary/aromatic N) is 5. The van der Waals surface area contributed by atoms with Crippen LogP contribution in [0.3, 0.4) is 0 Å². The van der Waals surface area contributed by atoms with Crippen LogP contribution in [0, 0.1) is 21.4 Å². The molecule has 0 amide bonds. The fraction of sp³-hybridized carbons (Fsp3) is 0.200. The van der Waals surface area contributed by atoms with Gasteiger partial charge in [-0.15, -0.1) is 0 Å². The number of H-pyrrole nitrogens is 1. The Labute approximate surface area is 146 Å². The predicted molar refractivity (Wildman–Crippen MR) is 92.6 cm³/mol. The third-order valence-electron chi connectivity index (χ3n) is 3.77. The minimum Gasteiger partial charge on any atom is -0.381 e. The van der Waals surface area contributed by atoms with E-state index in [0.29, 0.717) is 30.7 Å². The van der Waals surface area contributed by atoms with Crippen LogP contribution in [0.5, 0.6) is 0 Å². The smallest absolute Gasteiger partial charge is 0.376 e. The zero-order valence-corrected chi connectivity index (χ0v) is 13.5. The van der Waals surface area contributed by atoms with Gasteiger partial charge in [0.15, 0.2) is 5.82 Å². The van der Waals surface area contributed by atoms with Crippen molar-refractivity contribution in [2.45, 2.75) is 12.8 Å². The first-order valence-electron chi connectivity index (χ1n) is 7.65. The standard InChI is InChI=1S/C15H14N8O3/c16-8-9-10(20-21-13(9)17)4-3-6-18-14-12(23(25)26)15(24)22-7-2-1-5-11(22)19-14/h1-2,5,7,18H,3-4,6H2,(H3,17,20,21). The molecule has 26 heavy (non-hydrogen) atoms. The second-order valence-electron chi connectivity index (χ2n) is 5.40. The molecule has 132 valence electrons. The number of nitro groups is 1. The van der Waals surface area contributed by atoms with Gasteiger partial charge in [-0.1, -0.05) is 6.07 Å². The summed E-state index contributed by atoms with van der Waals surface area (Å²) in [6.45, 7) is 0.306. The van der Waals surface area contributed by atoms with Gasteiger partial charge >= 0.3 is 11.2 Å². The average Bonchev–Trinajstić information content (AvgIpc) is 2.98. The van der Waals surface area contributed by atoms with Crippen molar-refractivity contribution in [1.29, 1.82) is 5.26 Å². The van der Waals surface area contributed by atoms with Crippen molar-refractivity contribution < 1.29 is 4.92 Å². The van der Waals surface area contributed by atoms with Crippen molar-refractivity contribution in [1.82, 2.24) is 19.6 Å². The number of aromatic nitrogens is 4. The molecule has 0 atom stereocenters. The van der Waals surface area contributed by atoms with Gasteiger partial charge in [-0.25, -0.2) is 4.98 Å². The fourth-order valence-electron chi connectivity index (χ4n) is 2.54. The summed E-state index contributed by atoms with van der Waals surface area (Å²) in [5.74, 6) is 0.0474. The van der Waals surface area contributed by atoms with Crippen LogP contribution in [0.15, 0.2) is 29.2 Å². The Morgan fingerprint density at radius 2 is 2.27 bits per heavy atom. The van der Waals surface area contributed by atoms with E-state index in [4.69, 9.17) is 11.0 Å². The SMILES string of the molecule is N#Cc1c(N)n[nH]c1CCCNc1nc2ccccn2c(=O)c1[N+](=O)[O-]. The number of pyridine rings is 1. The van der Waals surface area contributed by atoms with E-state index in [-0.39, 0.29) is 17.2 Å². The molecule has 0 fully saturated rings. The third-order valence-corrected chi connectivity index (χ3v) is 3.77. The van der Waals surface area contributed by atoms with Crippen molar-refractivity contribution in [3.05, 3.63) is 56.1 Å². The monoisotopic (exact) mass is 354 g/mol. The largest absolute Gasteiger partial charge is 0.381 e. The van der Waals surface area contributed by atoms with Gasteiger partial charge in [-0.2, -0.15) is 10.4 Å². The van der Waals surface area contributed by atoms with Crippen LogP contribution in [0.2, 0.25) is 0 Å². The summed E-state index contributed by atoms with van der Waals surface area (Å²) in [4.78, 5) is 27.0. The van der Waals surface area contributed by atoms with Gasteiger partial charge < -0.3 is 11.1 Å². The number of aromatic amines is 1. The third kappa shape index (κ3) is 3.03. The van der Waals surface area contributed by atoms with E-state index in [1.165, 1.54) is 6.20 Å². The zero-order chi connectivity index (χ0) is 18.7. The molecule has 0 aliphatic carbocycles. The first-order valence-corrected chi connectivity index (χ1v) is 7.65. The van der Waals surface area contributed by atoms with E-state index in [1.807, 2.05) is 6.07 Å². The van der Waals surface area contributed by atoms with Crippen LogP contribution >= 0.6 is 0 Å². The molecule has 3 aromatic heterocycles. The Balaban J connectivity index is 1.78. The summed E-state index contributed by atoms with van der Waals surface area (Å²) in [5, 5.41) is 29.6. The van der Waals surface area contributed by atoms with Crippen LogP contribution in [-0.2, 0) is 6.42 Å². The summed E-state index contributed by atoms with van der Waals surface area (Å²) in [7, 11) is 0. The second-order valence-corrected chi connectivity index (χ2v) is 5.40. The van der Waals surface area contributed by atoms with Crippen LogP contribution < -0.4 is 16.6 Å². The number of nitrogen functional groups attached to an aromatic ring is 1. The maximum absolute atomic E-state index is 12.3. The molecule has 3 rings (SSSR count). The molecule has 11 heteroatoms. The second kappa shape index (κ2) is 6.89. The fourth-order valence-corrected chi connectivity index (χ4v) is 2.54. The number of nitriles is 1. The minimum absolute atomic E-state index is 0.0872. The van der Waals surface area contributed by atoms with Gasteiger partial charge in [0.1, 0.15) is 17.3 Å². The average molecular weight is 354 g/mol. The van der Waals surface area contributed by atoms with Gasteiger partial charge in [-0.05, 0) is 25.0 Å². The molecular weight excluding hydrogens is 340 g/mol. The molecule has 0 aromatic carbocycles. The molecule has 0 saturated carbocycles. The predicted octanol–water partition coefficient (Wildman–Crippen LogP) is 0.824. The molecule has 0 bridgehead atoms. The first kappa shape index (κ1) is 16.9. The zero-order valence-electron chi connectivity index (χ0n) is 13.5. The van der Waals surface area contributed by atoms with Crippen molar-refractivity contribution >= 4 is 23.0 Å². The van der Waals surface area contributed by atoms with Crippen molar-refractivity contribution in [3.8, 4) is 6.07 Å². The van der Waals surface area contributed by atoms with Crippen molar-refractivity contribution in [2.75, 3.05) is 17.6 Å². The molecular formula is C15H14N8O3. The maximum atomic E-state index is 12.3. The van der Waals surface area contributed by atoms with Crippen molar-refractivity contribution in [2.24, 2.45) is 0 Å². The Hall–Kier alpha value is -3.94. The number of anilines is 2. The Bertz CT molecular complexity index is 1080. The quantitative estimate of drug-likeness (QED) is 0.332. The molecule has 3 heterocycles. The molecule has 0 saturated heterocycles. The van der Waals surface area contributed by atoms with Crippen LogP contribution in [0.4, 0.5) is 17.3 Å². The molecule has 4 N–H and O–H groups in total. The normalized spacial score (nSPS) is 10.6. The first-order chi connectivity index (χ1) is 12.5. The van der Waals surface area contributed by atoms with Crippen LogP contribution in [-0.4, -0.2) is 31.1 Å². The highest BCUT2D eigenvalue weighted by Crippen LogP contribution is 2.18. The van der Waals surface area contributed by atoms with E-state index in [9.17, 15) is 14.9 Å². The van der Waals surface area contributed by atoms with E-state index < -0.39 is 16.2 Å². The summed E-state index contributed by atoms with van der Waals surface area (Å²) >= 11 is 0. The number of hydrogen-bond donors (Lipinski definition) is 3. The summed E-state index contributed by atoms with van der Waals surface area (Å²) in [6.07, 6.45) is 2.40. The number of fused-ring (bicyclic) bond motifs is 1. The highest BCUT2D eigenvalue weighted by atomic mass is 16.6. The van der Waals surface area contributed by atoms with E-state index in [1.54, 1.807) is 18.2 Å². The minimum atomic E-state index is -0.754. The lowest BCUT2D eigenvalue weighted by molar-refractivity contribution is -0.385. The van der Waals surface area contributed by atoms with Crippen LogP contribution in [0.25, 0.3) is 5.65 Å². The van der Waals surface area contributed by atoms with E-state index in [0.717, 1.165) is 4.40 Å². The molecule has 0 aliphatic heterocycles. The number of hydrogen-bond acceptors (Lipinski definition) is 8. The van der Waals surface area contributed by atoms with Gasteiger partial charge in [0, 0.05) is 12.7 Å². The molecule has 0 radical (unpaired) electrons. The molecule has 3 aromatic rings. The molecule has 0 unspecified atom stereocenters. The number of aryl methyl sites for hydroxylation is 1. The van der Waals surface area contributed by atoms with Crippen molar-refractivity contribution in [3.63, 3.8) is 0 Å². The summed E-state index contributed by atoms with van der Waals surface area (Å²) in [6, 6.07) is 6.83. The summed E-state index contributed by atoms with van der Waals surface area (Å²) < 4.78 is 1.12. The molecule has 11 nitrogen and oxygen atoms in total. The summed E-state index contributed by atoms with van der Waals surface area (Å²) in [5.41, 5.74) is 5.38. The van der Waals surface area contributed by atoms with Gasteiger partial charge in [0.05, 0.1) is 10.6 Å². The number of rotatable bonds is 6. The van der Waals surface area contributed by atoms with Crippen LogP contribution in [0.1, 0.15) is 17.7 Å². The van der Waals surface area contributed by atoms with Gasteiger partial charge in [0.25, 0.3) is 0 Å². The van der Waals surface area contributed by atoms with Gasteiger partial charge in [0.2, 0.25) is 5.82 Å². The maximum Gasteiger partial charge on any atom is 0.376 e. The number of nitrogens with one attached hydrogen (secondary N) is 2. The number of nitrogens with two attached hydrogens (primary N) is 1. The topological polar surface area (TPSA) is 168 Å². The van der Waals surface area contributed by atoms with E-state index >= 15 is 0 Å². The molecule has 0 spiro atoms. The molecule has 0 aliphatic rings. The Morgan fingerprint density at radius 1 is 1.46 bits per heavy atom. The Kier molecular flexibility index (Phi) is 4.48. The Morgan fingerprint density at radius 3 is 3.00 bits per heavy atom.